The minimum Gasteiger partial charge on any atom is -0.360 e. The van der Waals surface area contributed by atoms with E-state index in [1.807, 2.05) is 0 Å². The summed E-state index contributed by atoms with van der Waals surface area (Å²) >= 11 is 2.05. The van der Waals surface area contributed by atoms with Gasteiger partial charge < -0.3 is 9.84 Å². The molecule has 2 rings (SSSR count). The van der Waals surface area contributed by atoms with Crippen molar-refractivity contribution in [1.29, 1.82) is 0 Å². The minimum atomic E-state index is 0.730. The molecule has 1 atom stereocenters. The van der Waals surface area contributed by atoms with Crippen molar-refractivity contribution < 1.29 is 4.52 Å². The van der Waals surface area contributed by atoms with Crippen molar-refractivity contribution in [2.75, 3.05) is 25.4 Å². The third-order valence-electron chi connectivity index (χ3n) is 2.87. The van der Waals surface area contributed by atoms with Gasteiger partial charge in [0.05, 0.1) is 12.2 Å². The van der Waals surface area contributed by atoms with E-state index >= 15 is 0 Å². The minimum absolute atomic E-state index is 0.730. The maximum absolute atomic E-state index is 5.36. The van der Waals surface area contributed by atoms with Gasteiger partial charge in [0.15, 0.2) is 5.76 Å². The van der Waals surface area contributed by atoms with Gasteiger partial charge in [-0.05, 0) is 6.54 Å². The molecule has 0 spiro atoms. The van der Waals surface area contributed by atoms with E-state index in [1.54, 1.807) is 0 Å². The van der Waals surface area contributed by atoms with Crippen LogP contribution in [-0.2, 0) is 13.1 Å². The summed E-state index contributed by atoms with van der Waals surface area (Å²) in [6, 6.07) is 2.06. The highest BCUT2D eigenvalue weighted by Crippen LogP contribution is 2.19. The summed E-state index contributed by atoms with van der Waals surface area (Å²) in [4.78, 5) is 2.44. The lowest BCUT2D eigenvalue weighted by atomic mass is 10.3. The smallest absolute Gasteiger partial charge is 0.151 e. The molecule has 1 saturated heterocycles. The topological polar surface area (TPSA) is 41.3 Å². The molecule has 1 aromatic rings. The van der Waals surface area contributed by atoms with Gasteiger partial charge >= 0.3 is 0 Å². The fourth-order valence-corrected chi connectivity index (χ4v) is 3.10. The Bertz CT molecular complexity index is 342. The fourth-order valence-electron chi connectivity index (χ4n) is 2.02. The van der Waals surface area contributed by atoms with Gasteiger partial charge in [0.2, 0.25) is 0 Å². The maximum Gasteiger partial charge on any atom is 0.151 e. The second-order valence-corrected chi connectivity index (χ2v) is 6.03. The van der Waals surface area contributed by atoms with Gasteiger partial charge in [-0.25, -0.2) is 0 Å². The van der Waals surface area contributed by atoms with Gasteiger partial charge in [-0.1, -0.05) is 19.0 Å². The molecule has 5 heteroatoms. The number of thioether (sulfide) groups is 1. The molecule has 1 unspecified atom stereocenters. The number of aromatic nitrogens is 1. The van der Waals surface area contributed by atoms with Crippen LogP contribution < -0.4 is 5.32 Å². The number of hydrogen-bond donors (Lipinski definition) is 1. The molecule has 0 aromatic carbocycles. The summed E-state index contributed by atoms with van der Waals surface area (Å²) in [7, 11) is 0. The van der Waals surface area contributed by atoms with Crippen LogP contribution in [0.25, 0.3) is 0 Å². The van der Waals surface area contributed by atoms with E-state index in [0.717, 1.165) is 49.4 Å². The Morgan fingerprint density at radius 2 is 2.53 bits per heavy atom. The molecule has 17 heavy (non-hydrogen) atoms. The standard InChI is InChI=1S/C12H21N3OS/c1-3-13-7-11-6-12(16-14-11)9-15-4-5-17-10(2)8-15/h6,10,13H,3-5,7-9H2,1-2H3. The second kappa shape index (κ2) is 6.42. The van der Waals surface area contributed by atoms with Crippen LogP contribution >= 0.6 is 11.8 Å². The van der Waals surface area contributed by atoms with Crippen LogP contribution in [0, 0.1) is 0 Å². The summed E-state index contributed by atoms with van der Waals surface area (Å²) < 4.78 is 5.36. The molecular weight excluding hydrogens is 234 g/mol. The lowest BCUT2D eigenvalue weighted by molar-refractivity contribution is 0.239. The molecule has 96 valence electrons. The van der Waals surface area contributed by atoms with Crippen LogP contribution in [0.2, 0.25) is 0 Å². The number of nitrogens with one attached hydrogen (secondary N) is 1. The first-order valence-corrected chi connectivity index (χ1v) is 7.32. The van der Waals surface area contributed by atoms with E-state index in [4.69, 9.17) is 4.52 Å². The molecule has 0 amide bonds. The number of rotatable bonds is 5. The first kappa shape index (κ1) is 12.9. The molecular formula is C12H21N3OS. The van der Waals surface area contributed by atoms with Crippen molar-refractivity contribution in [3.05, 3.63) is 17.5 Å². The van der Waals surface area contributed by atoms with Gasteiger partial charge in [0.25, 0.3) is 0 Å². The molecule has 0 aliphatic carbocycles. The molecule has 1 aromatic heterocycles. The Kier molecular flexibility index (Phi) is 4.88. The first-order chi connectivity index (χ1) is 8.28. The number of hydrogen-bond acceptors (Lipinski definition) is 5. The van der Waals surface area contributed by atoms with Gasteiger partial charge in [-0.3, -0.25) is 4.90 Å². The van der Waals surface area contributed by atoms with Crippen LogP contribution in [0.4, 0.5) is 0 Å². The van der Waals surface area contributed by atoms with Crippen molar-refractivity contribution in [3.63, 3.8) is 0 Å². The molecule has 0 radical (unpaired) electrons. The van der Waals surface area contributed by atoms with Gasteiger partial charge in [0, 0.05) is 36.7 Å². The molecule has 4 nitrogen and oxygen atoms in total. The van der Waals surface area contributed by atoms with E-state index in [0.29, 0.717) is 0 Å². The van der Waals surface area contributed by atoms with E-state index in [-0.39, 0.29) is 0 Å². The second-order valence-electron chi connectivity index (χ2n) is 4.48. The molecule has 0 bridgehead atoms. The SMILES string of the molecule is CCNCc1cc(CN2CCSC(C)C2)on1. The zero-order chi connectivity index (χ0) is 12.1. The normalized spacial score (nSPS) is 21.9. The highest BCUT2D eigenvalue weighted by atomic mass is 32.2. The molecule has 0 saturated carbocycles. The summed E-state index contributed by atoms with van der Waals surface area (Å²) in [5.74, 6) is 2.21. The van der Waals surface area contributed by atoms with Crippen molar-refractivity contribution in [1.82, 2.24) is 15.4 Å². The van der Waals surface area contributed by atoms with Crippen molar-refractivity contribution in [2.45, 2.75) is 32.2 Å². The van der Waals surface area contributed by atoms with Crippen molar-refractivity contribution in [2.24, 2.45) is 0 Å². The maximum atomic E-state index is 5.36. The Labute approximate surface area is 107 Å². The van der Waals surface area contributed by atoms with Crippen molar-refractivity contribution in [3.8, 4) is 0 Å². The Morgan fingerprint density at radius 1 is 1.65 bits per heavy atom. The monoisotopic (exact) mass is 255 g/mol. The van der Waals surface area contributed by atoms with Gasteiger partial charge in [-0.2, -0.15) is 11.8 Å². The van der Waals surface area contributed by atoms with E-state index in [2.05, 4.69) is 47.0 Å². The Morgan fingerprint density at radius 3 is 3.29 bits per heavy atom. The Balaban J connectivity index is 1.83. The quantitative estimate of drug-likeness (QED) is 0.867. The molecule has 1 N–H and O–H groups in total. The highest BCUT2D eigenvalue weighted by Gasteiger charge is 2.18. The predicted molar refractivity (Wildman–Crippen MR) is 71.1 cm³/mol. The van der Waals surface area contributed by atoms with E-state index < -0.39 is 0 Å². The summed E-state index contributed by atoms with van der Waals surface area (Å²) in [5.41, 5.74) is 1.00. The Hall–Kier alpha value is -0.520. The fraction of sp³-hybridized carbons (Fsp3) is 0.750. The number of nitrogens with zero attached hydrogens (tertiary/aromatic N) is 2. The van der Waals surface area contributed by atoms with Gasteiger partial charge in [0.1, 0.15) is 0 Å². The molecule has 1 fully saturated rings. The predicted octanol–water partition coefficient (Wildman–Crippen LogP) is 1.72. The lowest BCUT2D eigenvalue weighted by Gasteiger charge is -2.29. The molecule has 2 heterocycles. The zero-order valence-corrected chi connectivity index (χ0v) is 11.4. The molecule has 1 aliphatic rings. The lowest BCUT2D eigenvalue weighted by Crippen LogP contribution is -2.35. The van der Waals surface area contributed by atoms with Crippen LogP contribution in [-0.4, -0.2) is 40.7 Å². The summed E-state index contributed by atoms with van der Waals surface area (Å²) in [5, 5.41) is 8.05. The van der Waals surface area contributed by atoms with E-state index in [1.165, 1.54) is 5.75 Å². The average Bonchev–Trinajstić information content (AvgIpc) is 2.74. The summed E-state index contributed by atoms with van der Waals surface area (Å²) in [6.45, 7) is 9.33. The van der Waals surface area contributed by atoms with Crippen LogP contribution in [0.5, 0.6) is 0 Å². The van der Waals surface area contributed by atoms with Crippen molar-refractivity contribution >= 4 is 11.8 Å². The zero-order valence-electron chi connectivity index (χ0n) is 10.6. The largest absolute Gasteiger partial charge is 0.360 e. The van der Waals surface area contributed by atoms with Crippen LogP contribution in [0.15, 0.2) is 10.6 Å². The van der Waals surface area contributed by atoms with Crippen LogP contribution in [0.1, 0.15) is 25.3 Å². The van der Waals surface area contributed by atoms with E-state index in [9.17, 15) is 0 Å². The third kappa shape index (κ3) is 4.01. The first-order valence-electron chi connectivity index (χ1n) is 6.27. The van der Waals surface area contributed by atoms with Crippen LogP contribution in [0.3, 0.4) is 0 Å². The summed E-state index contributed by atoms with van der Waals surface area (Å²) in [6.07, 6.45) is 0. The van der Waals surface area contributed by atoms with Gasteiger partial charge in [-0.15, -0.1) is 0 Å². The molecule has 1 aliphatic heterocycles. The third-order valence-corrected chi connectivity index (χ3v) is 4.00. The highest BCUT2D eigenvalue weighted by molar-refractivity contribution is 7.99. The average molecular weight is 255 g/mol.